The summed E-state index contributed by atoms with van der Waals surface area (Å²) in [7, 11) is 0. The van der Waals surface area contributed by atoms with Gasteiger partial charge in [0.2, 0.25) is 0 Å². The third-order valence-electron chi connectivity index (χ3n) is 6.79. The molecule has 0 aromatic carbocycles. The summed E-state index contributed by atoms with van der Waals surface area (Å²) in [6.45, 7) is 2.05. The van der Waals surface area contributed by atoms with Crippen LogP contribution in [0.1, 0.15) is 19.3 Å². The van der Waals surface area contributed by atoms with Gasteiger partial charge in [-0.05, 0) is 25.2 Å². The topological polar surface area (TPSA) is 76.3 Å². The Morgan fingerprint density at radius 1 is 1.21 bits per heavy atom. The first-order valence-corrected chi connectivity index (χ1v) is 9.54. The normalized spacial score (nSPS) is 29.3. The number of ether oxygens (including phenoxy) is 1. The Kier molecular flexibility index (Phi) is 3.90. The van der Waals surface area contributed by atoms with E-state index in [1.165, 1.54) is 6.33 Å². The molecule has 5 rings (SSSR count). The Morgan fingerprint density at radius 2 is 2.00 bits per heavy atom. The minimum absolute atomic E-state index is 0.0376. The Labute approximate surface area is 159 Å². The number of hydrogen-bond acceptors (Lipinski definition) is 6. The van der Waals surface area contributed by atoms with E-state index < -0.39 is 11.6 Å². The molecule has 3 aliphatic rings. The van der Waals surface area contributed by atoms with Gasteiger partial charge in [0.05, 0.1) is 18.3 Å². The van der Waals surface area contributed by atoms with E-state index in [0.29, 0.717) is 43.3 Å². The molecule has 3 fully saturated rings. The van der Waals surface area contributed by atoms with Gasteiger partial charge in [0, 0.05) is 38.3 Å². The van der Waals surface area contributed by atoms with Crippen molar-refractivity contribution in [3.05, 3.63) is 12.7 Å². The second kappa shape index (κ2) is 6.03. The second-order valence-corrected chi connectivity index (χ2v) is 8.45. The van der Waals surface area contributed by atoms with E-state index in [-0.39, 0.29) is 30.9 Å². The molecular formula is C18H22F3N5O2. The highest BCUT2D eigenvalue weighted by molar-refractivity contribution is 5.83. The lowest BCUT2D eigenvalue weighted by molar-refractivity contribution is -0.184. The first kappa shape index (κ1) is 18.1. The number of nitrogens with zero attached hydrogens (tertiary/aromatic N) is 5. The maximum atomic E-state index is 13.4. The van der Waals surface area contributed by atoms with E-state index in [0.717, 1.165) is 12.8 Å². The number of halogens is 3. The van der Waals surface area contributed by atoms with Crippen molar-refractivity contribution < 1.29 is 23.0 Å². The van der Waals surface area contributed by atoms with Crippen molar-refractivity contribution in [3.63, 3.8) is 0 Å². The SMILES string of the molecule is OCC1(Cn2cnc3c(N4CC5CC5(C(F)(F)F)C4)ncnc32)CCOCC1. The molecule has 2 aromatic rings. The minimum atomic E-state index is -4.19. The first-order valence-electron chi connectivity index (χ1n) is 9.54. The molecule has 4 heterocycles. The Morgan fingerprint density at radius 3 is 2.68 bits per heavy atom. The molecule has 2 aromatic heterocycles. The molecule has 0 amide bonds. The van der Waals surface area contributed by atoms with Crippen molar-refractivity contribution in [2.75, 3.05) is 37.8 Å². The molecule has 10 heteroatoms. The van der Waals surface area contributed by atoms with E-state index in [4.69, 9.17) is 4.74 Å². The number of rotatable bonds is 4. The van der Waals surface area contributed by atoms with Gasteiger partial charge >= 0.3 is 6.18 Å². The molecule has 2 saturated heterocycles. The van der Waals surface area contributed by atoms with Crippen LogP contribution in [0.5, 0.6) is 0 Å². The Balaban J connectivity index is 1.44. The average molecular weight is 397 g/mol. The van der Waals surface area contributed by atoms with Crippen LogP contribution in [-0.2, 0) is 11.3 Å². The third kappa shape index (κ3) is 2.61. The van der Waals surface area contributed by atoms with Crippen LogP contribution < -0.4 is 4.90 Å². The largest absolute Gasteiger partial charge is 0.396 e. The molecule has 1 aliphatic carbocycles. The highest BCUT2D eigenvalue weighted by Crippen LogP contribution is 2.66. The van der Waals surface area contributed by atoms with Gasteiger partial charge in [-0.2, -0.15) is 13.2 Å². The monoisotopic (exact) mass is 397 g/mol. The smallest absolute Gasteiger partial charge is 0.396 e. The van der Waals surface area contributed by atoms with Crippen molar-refractivity contribution in [3.8, 4) is 0 Å². The molecule has 2 atom stereocenters. The molecule has 1 N–H and O–H groups in total. The highest BCUT2D eigenvalue weighted by Gasteiger charge is 2.74. The summed E-state index contributed by atoms with van der Waals surface area (Å²) < 4.78 is 47.6. The maximum Gasteiger partial charge on any atom is 0.396 e. The van der Waals surface area contributed by atoms with Gasteiger partial charge < -0.3 is 19.3 Å². The van der Waals surface area contributed by atoms with Crippen LogP contribution in [0.25, 0.3) is 11.2 Å². The highest BCUT2D eigenvalue weighted by atomic mass is 19.4. The number of piperidine rings is 1. The van der Waals surface area contributed by atoms with Crippen molar-refractivity contribution in [2.45, 2.75) is 32.0 Å². The number of anilines is 1. The van der Waals surface area contributed by atoms with E-state index in [9.17, 15) is 18.3 Å². The molecule has 1 saturated carbocycles. The van der Waals surface area contributed by atoms with Gasteiger partial charge in [0.1, 0.15) is 6.33 Å². The number of fused-ring (bicyclic) bond motifs is 2. The zero-order chi connectivity index (χ0) is 19.6. The van der Waals surface area contributed by atoms with E-state index >= 15 is 0 Å². The fraction of sp³-hybridized carbons (Fsp3) is 0.722. The van der Waals surface area contributed by atoms with Gasteiger partial charge in [-0.3, -0.25) is 0 Å². The zero-order valence-corrected chi connectivity index (χ0v) is 15.3. The summed E-state index contributed by atoms with van der Waals surface area (Å²) in [5.74, 6) is 0.101. The molecule has 28 heavy (non-hydrogen) atoms. The maximum absolute atomic E-state index is 13.4. The molecule has 2 aliphatic heterocycles. The fourth-order valence-corrected chi connectivity index (χ4v) is 4.83. The summed E-state index contributed by atoms with van der Waals surface area (Å²) in [6, 6.07) is 0. The lowest BCUT2D eigenvalue weighted by Crippen LogP contribution is -2.37. The summed E-state index contributed by atoms with van der Waals surface area (Å²) in [6.07, 6.45) is 0.527. The molecule has 0 bridgehead atoms. The summed E-state index contributed by atoms with van der Waals surface area (Å²) in [4.78, 5) is 14.7. The van der Waals surface area contributed by atoms with Crippen LogP contribution in [-0.4, -0.2) is 63.7 Å². The van der Waals surface area contributed by atoms with E-state index in [2.05, 4.69) is 15.0 Å². The van der Waals surface area contributed by atoms with Crippen molar-refractivity contribution >= 4 is 17.0 Å². The van der Waals surface area contributed by atoms with Crippen molar-refractivity contribution in [2.24, 2.45) is 16.7 Å². The number of hydrogen-bond donors (Lipinski definition) is 1. The molecular weight excluding hydrogens is 375 g/mol. The zero-order valence-electron chi connectivity index (χ0n) is 15.3. The summed E-state index contributed by atoms with van der Waals surface area (Å²) in [5, 5.41) is 9.94. The first-order chi connectivity index (χ1) is 13.4. The van der Waals surface area contributed by atoms with Crippen LogP contribution in [0.3, 0.4) is 0 Å². The summed E-state index contributed by atoms with van der Waals surface area (Å²) >= 11 is 0. The molecule has 2 unspecified atom stereocenters. The van der Waals surface area contributed by atoms with Crippen molar-refractivity contribution in [1.29, 1.82) is 0 Å². The van der Waals surface area contributed by atoms with E-state index in [1.807, 2.05) is 4.57 Å². The lowest BCUT2D eigenvalue weighted by Gasteiger charge is -2.35. The van der Waals surface area contributed by atoms with Crippen LogP contribution in [0, 0.1) is 16.7 Å². The van der Waals surface area contributed by atoms with Gasteiger partial charge in [-0.1, -0.05) is 0 Å². The quantitative estimate of drug-likeness (QED) is 0.851. The van der Waals surface area contributed by atoms with Crippen LogP contribution in [0.15, 0.2) is 12.7 Å². The number of aromatic nitrogens is 4. The molecule has 0 spiro atoms. The molecule has 0 radical (unpaired) electrons. The average Bonchev–Trinajstić information content (AvgIpc) is 3.06. The molecule has 7 nitrogen and oxygen atoms in total. The van der Waals surface area contributed by atoms with Crippen LogP contribution in [0.4, 0.5) is 19.0 Å². The van der Waals surface area contributed by atoms with Crippen molar-refractivity contribution in [1.82, 2.24) is 19.5 Å². The summed E-state index contributed by atoms with van der Waals surface area (Å²) in [5.41, 5.74) is -0.783. The van der Waals surface area contributed by atoms with Gasteiger partial charge in [-0.15, -0.1) is 0 Å². The van der Waals surface area contributed by atoms with Gasteiger partial charge in [-0.25, -0.2) is 15.0 Å². The third-order valence-corrected chi connectivity index (χ3v) is 6.79. The fourth-order valence-electron chi connectivity index (χ4n) is 4.83. The minimum Gasteiger partial charge on any atom is -0.396 e. The van der Waals surface area contributed by atoms with Crippen LogP contribution in [0.2, 0.25) is 0 Å². The van der Waals surface area contributed by atoms with Crippen LogP contribution >= 0.6 is 0 Å². The number of alkyl halides is 3. The van der Waals surface area contributed by atoms with E-state index in [1.54, 1.807) is 11.2 Å². The second-order valence-electron chi connectivity index (χ2n) is 8.45. The molecule has 152 valence electrons. The Hall–Kier alpha value is -1.94. The number of aliphatic hydroxyl groups is 1. The number of aliphatic hydroxyl groups excluding tert-OH is 1. The predicted molar refractivity (Wildman–Crippen MR) is 93.7 cm³/mol. The Bertz CT molecular complexity index is 895. The lowest BCUT2D eigenvalue weighted by atomic mass is 9.81. The number of imidazole rings is 1. The predicted octanol–water partition coefficient (Wildman–Crippen LogP) is 2.00. The van der Waals surface area contributed by atoms with Gasteiger partial charge in [0.25, 0.3) is 0 Å². The van der Waals surface area contributed by atoms with Gasteiger partial charge in [0.15, 0.2) is 17.0 Å². The standard InChI is InChI=1S/C18H22F3N5O2/c19-18(20,21)17-5-12(17)6-25(8-17)14-13-15(23-10-22-14)26(11-24-13)7-16(9-27)1-3-28-4-2-16/h10-12,27H,1-9H2.